The molecule has 0 aliphatic heterocycles. The summed E-state index contributed by atoms with van der Waals surface area (Å²) in [4.78, 5) is 22.2. The predicted octanol–water partition coefficient (Wildman–Crippen LogP) is -0.311. The lowest BCUT2D eigenvalue weighted by atomic mass is 10.4. The van der Waals surface area contributed by atoms with Crippen molar-refractivity contribution >= 4 is 17.8 Å². The second-order valence-electron chi connectivity index (χ2n) is 2.52. The number of nitrogens with one attached hydrogen (secondary N) is 2. The van der Waals surface area contributed by atoms with Gasteiger partial charge in [-0.05, 0) is 12.1 Å². The van der Waals surface area contributed by atoms with E-state index in [-0.39, 0.29) is 11.5 Å². The molecule has 7 heteroatoms. The molecule has 1 aromatic heterocycles. The lowest BCUT2D eigenvalue weighted by molar-refractivity contribution is 0.0563. The SMILES string of the molecule is COC(=O)c1ccc(C(=O)NC(=N)N)o1. The summed E-state index contributed by atoms with van der Waals surface area (Å²) in [6, 6.07) is 2.57. The van der Waals surface area contributed by atoms with E-state index >= 15 is 0 Å². The molecular weight excluding hydrogens is 202 g/mol. The van der Waals surface area contributed by atoms with Crippen LogP contribution in [-0.2, 0) is 4.74 Å². The van der Waals surface area contributed by atoms with Crippen LogP contribution >= 0.6 is 0 Å². The van der Waals surface area contributed by atoms with E-state index < -0.39 is 17.8 Å². The van der Waals surface area contributed by atoms with Crippen LogP contribution in [0.5, 0.6) is 0 Å². The van der Waals surface area contributed by atoms with Gasteiger partial charge in [-0.25, -0.2) is 4.79 Å². The third-order valence-corrected chi connectivity index (χ3v) is 1.46. The Morgan fingerprint density at radius 2 is 2.07 bits per heavy atom. The molecular formula is C8H9N3O4. The maximum absolute atomic E-state index is 11.2. The summed E-state index contributed by atoms with van der Waals surface area (Å²) in [7, 11) is 1.19. The zero-order valence-electron chi connectivity index (χ0n) is 7.87. The molecule has 15 heavy (non-hydrogen) atoms. The number of amides is 1. The summed E-state index contributed by atoms with van der Waals surface area (Å²) in [5.74, 6) is -2.10. The number of hydrogen-bond acceptors (Lipinski definition) is 5. The van der Waals surface area contributed by atoms with Gasteiger partial charge in [0.05, 0.1) is 7.11 Å². The fraction of sp³-hybridized carbons (Fsp3) is 0.125. The third-order valence-electron chi connectivity index (χ3n) is 1.46. The number of guanidine groups is 1. The molecule has 0 fully saturated rings. The second kappa shape index (κ2) is 4.27. The summed E-state index contributed by atoms with van der Waals surface area (Å²) in [5, 5.41) is 8.82. The Balaban J connectivity index is 2.80. The van der Waals surface area contributed by atoms with Crippen LogP contribution in [0.3, 0.4) is 0 Å². The van der Waals surface area contributed by atoms with Gasteiger partial charge < -0.3 is 14.9 Å². The predicted molar refractivity (Wildman–Crippen MR) is 49.4 cm³/mol. The van der Waals surface area contributed by atoms with E-state index in [1.54, 1.807) is 0 Å². The second-order valence-corrected chi connectivity index (χ2v) is 2.52. The minimum absolute atomic E-state index is 0.0915. The maximum Gasteiger partial charge on any atom is 0.373 e. The average Bonchev–Trinajstić information content (AvgIpc) is 2.64. The Labute approximate surface area is 84.7 Å². The van der Waals surface area contributed by atoms with Crippen molar-refractivity contribution in [3.05, 3.63) is 23.7 Å². The molecule has 0 aliphatic rings. The van der Waals surface area contributed by atoms with Gasteiger partial charge in [0.25, 0.3) is 5.91 Å². The monoisotopic (exact) mass is 211 g/mol. The van der Waals surface area contributed by atoms with Crippen molar-refractivity contribution < 1.29 is 18.7 Å². The standard InChI is InChI=1S/C8H9N3O4/c1-14-7(13)5-3-2-4(15-5)6(12)11-8(9)10/h2-3H,1H3,(H4,9,10,11,12). The first-order valence-corrected chi connectivity index (χ1v) is 3.88. The average molecular weight is 211 g/mol. The van der Waals surface area contributed by atoms with Crippen LogP contribution in [0.25, 0.3) is 0 Å². The molecule has 0 spiro atoms. The number of methoxy groups -OCH3 is 1. The minimum Gasteiger partial charge on any atom is -0.463 e. The van der Waals surface area contributed by atoms with E-state index in [4.69, 9.17) is 15.6 Å². The molecule has 80 valence electrons. The molecule has 0 aliphatic carbocycles. The molecule has 4 N–H and O–H groups in total. The molecule has 1 heterocycles. The van der Waals surface area contributed by atoms with E-state index in [0.29, 0.717) is 0 Å². The summed E-state index contributed by atoms with van der Waals surface area (Å²) < 4.78 is 9.24. The van der Waals surface area contributed by atoms with Gasteiger partial charge >= 0.3 is 5.97 Å². The molecule has 1 aromatic rings. The van der Waals surface area contributed by atoms with Gasteiger partial charge in [-0.3, -0.25) is 15.5 Å². The molecule has 0 bridgehead atoms. The van der Waals surface area contributed by atoms with Crippen LogP contribution in [0.1, 0.15) is 21.1 Å². The Kier molecular flexibility index (Phi) is 3.06. The van der Waals surface area contributed by atoms with Crippen molar-refractivity contribution in [1.29, 1.82) is 5.41 Å². The number of esters is 1. The minimum atomic E-state index is -0.697. The van der Waals surface area contributed by atoms with Crippen molar-refractivity contribution in [1.82, 2.24) is 5.32 Å². The molecule has 0 saturated carbocycles. The normalized spacial score (nSPS) is 9.40. The highest BCUT2D eigenvalue weighted by atomic mass is 16.5. The first-order valence-electron chi connectivity index (χ1n) is 3.88. The summed E-state index contributed by atoms with van der Waals surface area (Å²) in [6.45, 7) is 0. The molecule has 0 saturated heterocycles. The lowest BCUT2D eigenvalue weighted by Gasteiger charge is -1.98. The Bertz CT molecular complexity index is 410. The van der Waals surface area contributed by atoms with Crippen molar-refractivity contribution in [3.63, 3.8) is 0 Å². The van der Waals surface area contributed by atoms with Gasteiger partial charge in [0.1, 0.15) is 0 Å². The number of ether oxygens (including phenoxy) is 1. The topological polar surface area (TPSA) is 118 Å². The zero-order chi connectivity index (χ0) is 11.4. The van der Waals surface area contributed by atoms with Gasteiger partial charge in [-0.1, -0.05) is 0 Å². The van der Waals surface area contributed by atoms with Crippen molar-refractivity contribution in [2.24, 2.45) is 5.73 Å². The summed E-state index contributed by atoms with van der Waals surface area (Å²) in [6.07, 6.45) is 0. The number of nitrogens with two attached hydrogens (primary N) is 1. The van der Waals surface area contributed by atoms with Crippen molar-refractivity contribution in [2.75, 3.05) is 7.11 Å². The van der Waals surface area contributed by atoms with Crippen molar-refractivity contribution in [3.8, 4) is 0 Å². The molecule has 0 atom stereocenters. The first kappa shape index (κ1) is 10.8. The van der Waals surface area contributed by atoms with Gasteiger partial charge in [0.2, 0.25) is 5.76 Å². The van der Waals surface area contributed by atoms with Gasteiger partial charge in [0, 0.05) is 0 Å². The van der Waals surface area contributed by atoms with Crippen LogP contribution in [0, 0.1) is 5.41 Å². The smallest absolute Gasteiger partial charge is 0.373 e. The quantitative estimate of drug-likeness (QED) is 0.352. The van der Waals surface area contributed by atoms with Crippen LogP contribution in [0.2, 0.25) is 0 Å². The van der Waals surface area contributed by atoms with E-state index in [1.165, 1.54) is 19.2 Å². The number of rotatable bonds is 2. The maximum atomic E-state index is 11.2. The van der Waals surface area contributed by atoms with E-state index in [0.717, 1.165) is 0 Å². The highest BCUT2D eigenvalue weighted by Crippen LogP contribution is 2.08. The molecule has 1 rings (SSSR count). The van der Waals surface area contributed by atoms with E-state index in [9.17, 15) is 9.59 Å². The Hall–Kier alpha value is -2.31. The first-order chi connectivity index (χ1) is 7.04. The molecule has 0 unspecified atom stereocenters. The number of carbonyl (C=O) groups is 2. The van der Waals surface area contributed by atoms with Crippen LogP contribution < -0.4 is 11.1 Å². The molecule has 0 radical (unpaired) electrons. The van der Waals surface area contributed by atoms with E-state index in [1.807, 2.05) is 5.32 Å². The van der Waals surface area contributed by atoms with Crippen LogP contribution in [0.4, 0.5) is 0 Å². The molecule has 7 nitrogen and oxygen atoms in total. The Morgan fingerprint density at radius 3 is 2.60 bits per heavy atom. The summed E-state index contributed by atoms with van der Waals surface area (Å²) >= 11 is 0. The number of carbonyl (C=O) groups excluding carboxylic acids is 2. The van der Waals surface area contributed by atoms with Crippen LogP contribution in [0.15, 0.2) is 16.5 Å². The number of furan rings is 1. The lowest BCUT2D eigenvalue weighted by Crippen LogP contribution is -2.35. The highest BCUT2D eigenvalue weighted by molar-refractivity contribution is 6.03. The molecule has 1 amide bonds. The fourth-order valence-electron chi connectivity index (χ4n) is 0.854. The third kappa shape index (κ3) is 2.56. The van der Waals surface area contributed by atoms with Crippen LogP contribution in [-0.4, -0.2) is 24.9 Å². The number of hydrogen-bond donors (Lipinski definition) is 3. The largest absolute Gasteiger partial charge is 0.463 e. The highest BCUT2D eigenvalue weighted by Gasteiger charge is 2.15. The summed E-state index contributed by atoms with van der Waals surface area (Å²) in [5.41, 5.74) is 4.94. The fourth-order valence-corrected chi connectivity index (χ4v) is 0.854. The van der Waals surface area contributed by atoms with Crippen molar-refractivity contribution in [2.45, 2.75) is 0 Å². The van der Waals surface area contributed by atoms with Gasteiger partial charge in [-0.2, -0.15) is 0 Å². The zero-order valence-corrected chi connectivity index (χ0v) is 7.87. The van der Waals surface area contributed by atoms with E-state index in [2.05, 4.69) is 4.74 Å². The van der Waals surface area contributed by atoms with Gasteiger partial charge in [-0.15, -0.1) is 0 Å². The Morgan fingerprint density at radius 1 is 1.47 bits per heavy atom. The van der Waals surface area contributed by atoms with Gasteiger partial charge in [0.15, 0.2) is 11.7 Å². The molecule has 0 aromatic carbocycles.